The van der Waals surface area contributed by atoms with Crippen molar-refractivity contribution in [3.63, 3.8) is 0 Å². The Morgan fingerprint density at radius 2 is 2.16 bits per heavy atom. The van der Waals surface area contributed by atoms with Crippen molar-refractivity contribution in [2.45, 2.75) is 43.5 Å². The first-order chi connectivity index (χ1) is 12.1. The summed E-state index contributed by atoms with van der Waals surface area (Å²) in [6.07, 6.45) is 4.85. The lowest BCUT2D eigenvalue weighted by molar-refractivity contribution is -0.123. The minimum Gasteiger partial charge on any atom is -0.355 e. The third-order valence-corrected chi connectivity index (χ3v) is 6.04. The maximum Gasteiger partial charge on any atom is 0.240 e. The van der Waals surface area contributed by atoms with Crippen molar-refractivity contribution in [2.75, 3.05) is 36.8 Å². The molecular formula is C19H27N3O2S. The van der Waals surface area contributed by atoms with Crippen LogP contribution in [0.1, 0.15) is 32.6 Å². The van der Waals surface area contributed by atoms with Crippen LogP contribution in [0.25, 0.3) is 0 Å². The number of hydrogen-bond donors (Lipinski definition) is 1. The van der Waals surface area contributed by atoms with Crippen LogP contribution in [0.3, 0.4) is 0 Å². The zero-order valence-electron chi connectivity index (χ0n) is 14.9. The Morgan fingerprint density at radius 1 is 1.32 bits per heavy atom. The van der Waals surface area contributed by atoms with E-state index in [-0.39, 0.29) is 18.4 Å². The smallest absolute Gasteiger partial charge is 0.240 e. The highest BCUT2D eigenvalue weighted by Crippen LogP contribution is 2.34. The lowest BCUT2D eigenvalue weighted by Gasteiger charge is -2.33. The van der Waals surface area contributed by atoms with Crippen molar-refractivity contribution >= 4 is 29.3 Å². The summed E-state index contributed by atoms with van der Waals surface area (Å²) in [5, 5.41) is 2.97. The minimum absolute atomic E-state index is 0.000918. The van der Waals surface area contributed by atoms with E-state index in [4.69, 9.17) is 0 Å². The molecule has 2 aliphatic rings. The molecular weight excluding hydrogens is 334 g/mol. The Balaban J connectivity index is 1.44. The number of para-hydroxylation sites is 1. The molecule has 1 fully saturated rings. The third kappa shape index (κ3) is 4.76. The van der Waals surface area contributed by atoms with Gasteiger partial charge in [-0.2, -0.15) is 0 Å². The molecule has 1 unspecified atom stereocenters. The monoisotopic (exact) mass is 361 g/mol. The molecule has 2 amide bonds. The fourth-order valence-corrected chi connectivity index (χ4v) is 4.46. The number of anilines is 1. The van der Waals surface area contributed by atoms with Gasteiger partial charge in [-0.1, -0.05) is 18.6 Å². The van der Waals surface area contributed by atoms with Crippen molar-refractivity contribution in [3.8, 4) is 0 Å². The largest absolute Gasteiger partial charge is 0.355 e. The topological polar surface area (TPSA) is 52.7 Å². The average Bonchev–Trinajstić information content (AvgIpc) is 2.62. The number of nitrogens with one attached hydrogen (secondary N) is 1. The summed E-state index contributed by atoms with van der Waals surface area (Å²) in [7, 11) is 0. The molecule has 1 atom stereocenters. The standard InChI is InChI=1S/C19H27N3O2S/c1-15-7-4-5-11-21(15)12-6-10-20-18(23)13-22-16-8-2-3-9-17(16)25-14-19(22)24/h2-3,8-9,15H,4-7,10-14H2,1H3,(H,20,23). The van der Waals surface area contributed by atoms with Crippen LogP contribution in [0.4, 0.5) is 5.69 Å². The predicted octanol–water partition coefficient (Wildman–Crippen LogP) is 2.51. The molecule has 2 heterocycles. The number of likely N-dealkylation sites (tertiary alicyclic amines) is 1. The molecule has 6 heteroatoms. The molecule has 0 spiro atoms. The molecule has 136 valence electrons. The van der Waals surface area contributed by atoms with Crippen LogP contribution in [0.15, 0.2) is 29.2 Å². The van der Waals surface area contributed by atoms with Gasteiger partial charge in [0.25, 0.3) is 0 Å². The van der Waals surface area contributed by atoms with Crippen LogP contribution in [0, 0.1) is 0 Å². The molecule has 0 radical (unpaired) electrons. The van der Waals surface area contributed by atoms with Crippen molar-refractivity contribution in [3.05, 3.63) is 24.3 Å². The third-order valence-electron chi connectivity index (χ3n) is 4.99. The van der Waals surface area contributed by atoms with Gasteiger partial charge in [-0.05, 0) is 44.9 Å². The highest BCUT2D eigenvalue weighted by atomic mass is 32.2. The lowest BCUT2D eigenvalue weighted by atomic mass is 10.0. The van der Waals surface area contributed by atoms with Gasteiger partial charge in [0.15, 0.2) is 0 Å². The molecule has 1 N–H and O–H groups in total. The number of amides is 2. The van der Waals surface area contributed by atoms with E-state index in [0.717, 1.165) is 23.5 Å². The number of carbonyl (C=O) groups excluding carboxylic acids is 2. The molecule has 1 aromatic carbocycles. The van der Waals surface area contributed by atoms with Gasteiger partial charge in [0, 0.05) is 24.0 Å². The first-order valence-corrected chi connectivity index (χ1v) is 10.2. The van der Waals surface area contributed by atoms with Crippen LogP contribution < -0.4 is 10.2 Å². The fraction of sp³-hybridized carbons (Fsp3) is 0.579. The van der Waals surface area contributed by atoms with Crippen LogP contribution in [-0.2, 0) is 9.59 Å². The SMILES string of the molecule is CC1CCCCN1CCCNC(=O)CN1C(=O)CSc2ccccc21. The van der Waals surface area contributed by atoms with Gasteiger partial charge in [-0.3, -0.25) is 9.59 Å². The van der Waals surface area contributed by atoms with Crippen LogP contribution in [0.2, 0.25) is 0 Å². The Bertz CT molecular complexity index is 622. The summed E-state index contributed by atoms with van der Waals surface area (Å²) in [5.74, 6) is 0.319. The first-order valence-electron chi connectivity index (χ1n) is 9.18. The van der Waals surface area contributed by atoms with Gasteiger partial charge in [0.05, 0.1) is 11.4 Å². The zero-order chi connectivity index (χ0) is 17.6. The minimum atomic E-state index is -0.0817. The summed E-state index contributed by atoms with van der Waals surface area (Å²) in [6, 6.07) is 8.43. The number of fused-ring (bicyclic) bond motifs is 1. The van der Waals surface area contributed by atoms with Gasteiger partial charge >= 0.3 is 0 Å². The number of hydrogen-bond acceptors (Lipinski definition) is 4. The van der Waals surface area contributed by atoms with Crippen molar-refractivity contribution in [1.29, 1.82) is 0 Å². The van der Waals surface area contributed by atoms with E-state index < -0.39 is 0 Å². The summed E-state index contributed by atoms with van der Waals surface area (Å²) >= 11 is 1.54. The van der Waals surface area contributed by atoms with Crippen molar-refractivity contribution in [2.24, 2.45) is 0 Å². The van der Waals surface area contributed by atoms with E-state index >= 15 is 0 Å². The van der Waals surface area contributed by atoms with Gasteiger partial charge in [0.2, 0.25) is 11.8 Å². The number of piperidine rings is 1. The van der Waals surface area contributed by atoms with E-state index in [1.807, 2.05) is 24.3 Å². The Labute approximate surface area is 154 Å². The molecule has 3 rings (SSSR count). The normalized spacial score (nSPS) is 21.1. The van der Waals surface area contributed by atoms with E-state index in [2.05, 4.69) is 17.1 Å². The second kappa shape index (κ2) is 8.72. The molecule has 0 aromatic heterocycles. The fourth-order valence-electron chi connectivity index (χ4n) is 3.53. The Hall–Kier alpha value is -1.53. The second-order valence-electron chi connectivity index (χ2n) is 6.82. The molecule has 0 aliphatic carbocycles. The van der Waals surface area contributed by atoms with Crippen molar-refractivity contribution < 1.29 is 9.59 Å². The molecule has 1 saturated heterocycles. The number of nitrogens with zero attached hydrogens (tertiary/aromatic N) is 2. The lowest BCUT2D eigenvalue weighted by Crippen LogP contribution is -2.44. The molecule has 0 bridgehead atoms. The number of rotatable bonds is 6. The summed E-state index contributed by atoms with van der Waals surface area (Å²) in [6.45, 7) is 5.27. The number of carbonyl (C=O) groups is 2. The Morgan fingerprint density at radius 3 is 3.00 bits per heavy atom. The predicted molar refractivity (Wildman–Crippen MR) is 102 cm³/mol. The molecule has 2 aliphatic heterocycles. The van der Waals surface area contributed by atoms with Crippen LogP contribution in [-0.4, -0.2) is 54.7 Å². The molecule has 25 heavy (non-hydrogen) atoms. The van der Waals surface area contributed by atoms with Crippen LogP contribution >= 0.6 is 11.8 Å². The first kappa shape index (κ1) is 18.3. The van der Waals surface area contributed by atoms with E-state index in [1.165, 1.54) is 37.6 Å². The maximum atomic E-state index is 12.3. The summed E-state index contributed by atoms with van der Waals surface area (Å²) in [5.41, 5.74) is 0.848. The van der Waals surface area contributed by atoms with Gasteiger partial charge < -0.3 is 15.1 Å². The maximum absolute atomic E-state index is 12.3. The molecule has 5 nitrogen and oxygen atoms in total. The van der Waals surface area contributed by atoms with Crippen molar-refractivity contribution in [1.82, 2.24) is 10.2 Å². The Kier molecular flexibility index (Phi) is 6.37. The summed E-state index contributed by atoms with van der Waals surface area (Å²) < 4.78 is 0. The van der Waals surface area contributed by atoms with Gasteiger partial charge in [0.1, 0.15) is 6.54 Å². The summed E-state index contributed by atoms with van der Waals surface area (Å²) in [4.78, 5) is 29.6. The van der Waals surface area contributed by atoms with E-state index in [0.29, 0.717) is 18.3 Å². The highest BCUT2D eigenvalue weighted by Gasteiger charge is 2.26. The quantitative estimate of drug-likeness (QED) is 0.791. The molecule has 0 saturated carbocycles. The van der Waals surface area contributed by atoms with Crippen LogP contribution in [0.5, 0.6) is 0 Å². The molecule has 1 aromatic rings. The number of benzene rings is 1. The highest BCUT2D eigenvalue weighted by molar-refractivity contribution is 8.00. The average molecular weight is 362 g/mol. The zero-order valence-corrected chi connectivity index (χ0v) is 15.7. The van der Waals surface area contributed by atoms with Gasteiger partial charge in [-0.25, -0.2) is 0 Å². The van der Waals surface area contributed by atoms with Gasteiger partial charge in [-0.15, -0.1) is 11.8 Å². The van der Waals surface area contributed by atoms with E-state index in [1.54, 1.807) is 4.90 Å². The number of thioether (sulfide) groups is 1. The van der Waals surface area contributed by atoms with E-state index in [9.17, 15) is 9.59 Å². The second-order valence-corrected chi connectivity index (χ2v) is 7.84.